The molecule has 0 saturated heterocycles. The normalized spacial score (nSPS) is 11.6. The standard InChI is InChI=1S/C6H4.C5H6/c1-2-4-6-5-3-1;1-2-4-5-3-1/h1-4H;1-4H,5H2. The molecule has 0 heteroatoms. The van der Waals surface area contributed by atoms with Crippen LogP contribution in [0, 0.1) is 12.1 Å². The van der Waals surface area contributed by atoms with Gasteiger partial charge in [-0.2, -0.15) is 0 Å². The third kappa shape index (κ3) is 4.00. The largest absolute Gasteiger partial charge is 0.0808 e. The van der Waals surface area contributed by atoms with E-state index in [4.69, 9.17) is 0 Å². The molecule has 0 saturated carbocycles. The average Bonchev–Trinajstić information content (AvgIpc) is 2.64. The second-order valence-electron chi connectivity index (χ2n) is 2.10. The monoisotopic (exact) mass is 142 g/mol. The maximum atomic E-state index is 2.77. The summed E-state index contributed by atoms with van der Waals surface area (Å²) in [6.07, 6.45) is 9.50. The summed E-state index contributed by atoms with van der Waals surface area (Å²) in [5.74, 6) is 0. The third-order valence-electron chi connectivity index (χ3n) is 1.21. The van der Waals surface area contributed by atoms with Crippen molar-refractivity contribution in [2.24, 2.45) is 0 Å². The fourth-order valence-electron chi connectivity index (χ4n) is 0.696. The van der Waals surface area contributed by atoms with Crippen molar-refractivity contribution in [2.45, 2.75) is 6.42 Å². The molecule has 2 rings (SSSR count). The Morgan fingerprint density at radius 3 is 1.55 bits per heavy atom. The van der Waals surface area contributed by atoms with Crippen molar-refractivity contribution in [1.29, 1.82) is 0 Å². The lowest BCUT2D eigenvalue weighted by Crippen LogP contribution is -1.43. The smallest absolute Gasteiger partial charge is 0.0115 e. The number of hydrogen-bond acceptors (Lipinski definition) is 0. The lowest BCUT2D eigenvalue weighted by atomic mass is 10.4. The van der Waals surface area contributed by atoms with E-state index < -0.39 is 0 Å². The van der Waals surface area contributed by atoms with Gasteiger partial charge in [0.25, 0.3) is 0 Å². The van der Waals surface area contributed by atoms with Gasteiger partial charge in [-0.25, -0.2) is 0 Å². The third-order valence-corrected chi connectivity index (χ3v) is 1.21. The van der Waals surface area contributed by atoms with Crippen LogP contribution < -0.4 is 0 Å². The minimum Gasteiger partial charge on any atom is -0.0808 e. The Labute approximate surface area is 67.9 Å². The van der Waals surface area contributed by atoms with Crippen LogP contribution in [0.3, 0.4) is 0 Å². The lowest BCUT2D eigenvalue weighted by molar-refractivity contribution is 1.45. The van der Waals surface area contributed by atoms with Crippen molar-refractivity contribution in [3.05, 3.63) is 60.7 Å². The predicted octanol–water partition coefficient (Wildman–Crippen LogP) is 2.79. The minimum atomic E-state index is 1.14. The molecule has 0 spiro atoms. The second-order valence-corrected chi connectivity index (χ2v) is 2.10. The fraction of sp³-hybridized carbons (Fsp3) is 0.0909. The van der Waals surface area contributed by atoms with Gasteiger partial charge in [0.2, 0.25) is 0 Å². The van der Waals surface area contributed by atoms with Crippen LogP contribution in [0.15, 0.2) is 48.6 Å². The van der Waals surface area contributed by atoms with Crippen molar-refractivity contribution in [3.8, 4) is 0 Å². The first kappa shape index (κ1) is 7.63. The molecule has 1 aliphatic rings. The van der Waals surface area contributed by atoms with Gasteiger partial charge in [-0.15, -0.1) is 0 Å². The van der Waals surface area contributed by atoms with Gasteiger partial charge < -0.3 is 0 Å². The van der Waals surface area contributed by atoms with Crippen LogP contribution in [0.2, 0.25) is 0 Å². The van der Waals surface area contributed by atoms with Gasteiger partial charge in [-0.05, 0) is 18.6 Å². The first-order chi connectivity index (χ1) is 5.50. The van der Waals surface area contributed by atoms with Crippen LogP contribution in [0.1, 0.15) is 6.42 Å². The molecular weight excluding hydrogens is 132 g/mol. The summed E-state index contributed by atoms with van der Waals surface area (Å²) in [4.78, 5) is 0. The van der Waals surface area contributed by atoms with E-state index in [0.717, 1.165) is 6.42 Å². The van der Waals surface area contributed by atoms with Gasteiger partial charge in [0, 0.05) is 0 Å². The SMILES string of the molecule is C1=CCC=C1.c1ccccc#1. The van der Waals surface area contributed by atoms with E-state index in [9.17, 15) is 0 Å². The summed E-state index contributed by atoms with van der Waals surface area (Å²) in [5.41, 5.74) is 0. The highest BCUT2D eigenvalue weighted by Gasteiger charge is 1.72. The van der Waals surface area contributed by atoms with Crippen LogP contribution in [-0.4, -0.2) is 0 Å². The van der Waals surface area contributed by atoms with Crippen LogP contribution in [-0.2, 0) is 0 Å². The summed E-state index contributed by atoms with van der Waals surface area (Å²) < 4.78 is 0. The Bertz CT molecular complexity index is 182. The van der Waals surface area contributed by atoms with Crippen molar-refractivity contribution in [3.63, 3.8) is 0 Å². The van der Waals surface area contributed by atoms with Crippen molar-refractivity contribution < 1.29 is 0 Å². The molecule has 0 heterocycles. The summed E-state index contributed by atoms with van der Waals surface area (Å²) in [5, 5.41) is 0. The summed E-state index contributed by atoms with van der Waals surface area (Å²) in [6, 6.07) is 13.0. The molecule has 1 aromatic rings. The molecule has 0 N–H and O–H groups in total. The zero-order chi connectivity index (χ0) is 7.78. The molecule has 0 radical (unpaired) electrons. The zero-order valence-electron chi connectivity index (χ0n) is 6.33. The van der Waals surface area contributed by atoms with Crippen molar-refractivity contribution >= 4 is 0 Å². The maximum absolute atomic E-state index is 2.77. The van der Waals surface area contributed by atoms with Crippen LogP contribution in [0.4, 0.5) is 0 Å². The van der Waals surface area contributed by atoms with Gasteiger partial charge in [0.15, 0.2) is 0 Å². The Hall–Kier alpha value is -1.48. The quantitative estimate of drug-likeness (QED) is 0.522. The molecule has 0 fully saturated rings. The Morgan fingerprint density at radius 1 is 0.818 bits per heavy atom. The molecule has 0 bridgehead atoms. The van der Waals surface area contributed by atoms with E-state index in [1.807, 2.05) is 24.3 Å². The van der Waals surface area contributed by atoms with Crippen molar-refractivity contribution in [1.82, 2.24) is 0 Å². The molecule has 0 nitrogen and oxygen atoms in total. The average molecular weight is 142 g/mol. The molecule has 0 aromatic heterocycles. The molecule has 11 heavy (non-hydrogen) atoms. The topological polar surface area (TPSA) is 0 Å². The van der Waals surface area contributed by atoms with Gasteiger partial charge in [0.1, 0.15) is 0 Å². The first-order valence-corrected chi connectivity index (χ1v) is 3.64. The molecule has 1 aromatic carbocycles. The molecule has 1 aliphatic carbocycles. The molecule has 0 atom stereocenters. The Morgan fingerprint density at radius 2 is 1.36 bits per heavy atom. The number of hydrogen-bond donors (Lipinski definition) is 0. The van der Waals surface area contributed by atoms with Gasteiger partial charge in [-0.1, -0.05) is 48.6 Å². The molecule has 0 amide bonds. The molecular formula is C11H10. The van der Waals surface area contributed by atoms with E-state index in [0.29, 0.717) is 0 Å². The molecule has 0 aliphatic heterocycles. The highest BCUT2D eigenvalue weighted by Crippen LogP contribution is 1.93. The van der Waals surface area contributed by atoms with E-state index in [1.165, 1.54) is 0 Å². The van der Waals surface area contributed by atoms with E-state index in [-0.39, 0.29) is 0 Å². The Kier molecular flexibility index (Phi) is 3.69. The minimum absolute atomic E-state index is 1.14. The summed E-state index contributed by atoms with van der Waals surface area (Å²) in [6.45, 7) is 0. The molecule has 0 unspecified atom stereocenters. The number of rotatable bonds is 0. The fourth-order valence-corrected chi connectivity index (χ4v) is 0.696. The van der Waals surface area contributed by atoms with Gasteiger partial charge in [0.05, 0.1) is 0 Å². The first-order valence-electron chi connectivity index (χ1n) is 3.64. The number of allylic oxidation sites excluding steroid dienone is 4. The van der Waals surface area contributed by atoms with Crippen LogP contribution in [0.25, 0.3) is 0 Å². The maximum Gasteiger partial charge on any atom is -0.0115 e. The summed E-state index contributed by atoms with van der Waals surface area (Å²) in [7, 11) is 0. The highest BCUT2D eigenvalue weighted by atomic mass is 13.8. The lowest BCUT2D eigenvalue weighted by Gasteiger charge is -1.61. The van der Waals surface area contributed by atoms with Gasteiger partial charge in [-0.3, -0.25) is 0 Å². The predicted molar refractivity (Wildman–Crippen MR) is 47.0 cm³/mol. The van der Waals surface area contributed by atoms with E-state index in [1.54, 1.807) is 0 Å². The van der Waals surface area contributed by atoms with Crippen LogP contribution >= 0.6 is 0 Å². The highest BCUT2D eigenvalue weighted by molar-refractivity contribution is 5.11. The Balaban J connectivity index is 0.000000112. The van der Waals surface area contributed by atoms with Gasteiger partial charge >= 0.3 is 0 Å². The van der Waals surface area contributed by atoms with E-state index in [2.05, 4.69) is 36.4 Å². The molecule has 54 valence electrons. The van der Waals surface area contributed by atoms with Crippen molar-refractivity contribution in [2.75, 3.05) is 0 Å². The zero-order valence-corrected chi connectivity index (χ0v) is 6.33. The van der Waals surface area contributed by atoms with E-state index >= 15 is 0 Å². The summed E-state index contributed by atoms with van der Waals surface area (Å²) >= 11 is 0. The van der Waals surface area contributed by atoms with Crippen LogP contribution in [0.5, 0.6) is 0 Å². The second kappa shape index (κ2) is 5.32.